The van der Waals surface area contributed by atoms with Crippen LogP contribution in [0.25, 0.3) is 0 Å². The third kappa shape index (κ3) is 4.58. The molecule has 0 saturated carbocycles. The molecule has 1 fully saturated rings. The highest BCUT2D eigenvalue weighted by Gasteiger charge is 2.24. The van der Waals surface area contributed by atoms with Gasteiger partial charge in [0.05, 0.1) is 12.2 Å². The van der Waals surface area contributed by atoms with E-state index < -0.39 is 5.60 Å². The summed E-state index contributed by atoms with van der Waals surface area (Å²) in [7, 11) is 0. The van der Waals surface area contributed by atoms with E-state index in [1.807, 2.05) is 20.8 Å². The van der Waals surface area contributed by atoms with Crippen molar-refractivity contribution in [1.29, 1.82) is 0 Å². The number of hydrogen-bond acceptors (Lipinski definition) is 5. The van der Waals surface area contributed by atoms with Gasteiger partial charge in [-0.1, -0.05) is 12.1 Å². The predicted molar refractivity (Wildman–Crippen MR) is 96.7 cm³/mol. The summed E-state index contributed by atoms with van der Waals surface area (Å²) in [5.74, 6) is 0.0569. The largest absolute Gasteiger partial charge is 0.456 e. The molecular weight excluding hydrogens is 335 g/mol. The van der Waals surface area contributed by atoms with Gasteiger partial charge in [0, 0.05) is 19.3 Å². The number of ether oxygens (including phenoxy) is 2. The van der Waals surface area contributed by atoms with Gasteiger partial charge in [0.2, 0.25) is 0 Å². The molecule has 1 atom stereocenters. The van der Waals surface area contributed by atoms with E-state index in [9.17, 15) is 9.18 Å². The molecule has 1 aromatic heterocycles. The van der Waals surface area contributed by atoms with Crippen LogP contribution in [0.5, 0.6) is 0 Å². The average Bonchev–Trinajstić information content (AvgIpc) is 2.61. The first kappa shape index (κ1) is 18.3. The molecule has 0 amide bonds. The molecule has 0 bridgehead atoms. The van der Waals surface area contributed by atoms with E-state index in [0.29, 0.717) is 31.1 Å². The molecule has 5 nitrogen and oxygen atoms in total. The molecule has 0 radical (unpaired) electrons. The summed E-state index contributed by atoms with van der Waals surface area (Å²) in [5.41, 5.74) is 0.835. The van der Waals surface area contributed by atoms with Crippen molar-refractivity contribution < 1.29 is 18.7 Å². The van der Waals surface area contributed by atoms with Crippen LogP contribution in [-0.2, 0) is 9.47 Å². The molecule has 138 valence electrons. The van der Waals surface area contributed by atoms with Crippen molar-refractivity contribution in [2.24, 2.45) is 0 Å². The standard InChI is InChI=1S/C20H23FN2O3/c1-20(2,3)26-19(24)15-8-9-22-18(12-15)23-10-11-25-17(13-23)14-4-6-16(21)7-5-14/h4-9,12,17H,10-11,13H2,1-3H3/t17-/m0/s1. The van der Waals surface area contributed by atoms with Crippen LogP contribution >= 0.6 is 0 Å². The Morgan fingerprint density at radius 2 is 2.00 bits per heavy atom. The van der Waals surface area contributed by atoms with Crippen LogP contribution < -0.4 is 4.90 Å². The number of carbonyl (C=O) groups is 1. The van der Waals surface area contributed by atoms with Crippen molar-refractivity contribution in [2.45, 2.75) is 32.5 Å². The number of halogens is 1. The van der Waals surface area contributed by atoms with E-state index in [1.165, 1.54) is 12.1 Å². The number of aromatic nitrogens is 1. The minimum atomic E-state index is -0.548. The summed E-state index contributed by atoms with van der Waals surface area (Å²) in [6.07, 6.45) is 1.44. The molecule has 3 rings (SSSR count). The zero-order valence-corrected chi connectivity index (χ0v) is 15.2. The lowest BCUT2D eigenvalue weighted by Crippen LogP contribution is -2.39. The van der Waals surface area contributed by atoms with Gasteiger partial charge in [0.25, 0.3) is 0 Å². The van der Waals surface area contributed by atoms with Crippen LogP contribution in [-0.4, -0.2) is 36.3 Å². The van der Waals surface area contributed by atoms with Crippen LogP contribution in [0.4, 0.5) is 10.2 Å². The van der Waals surface area contributed by atoms with Gasteiger partial charge in [-0.15, -0.1) is 0 Å². The molecule has 1 aliphatic rings. The first-order valence-electron chi connectivity index (χ1n) is 8.63. The van der Waals surface area contributed by atoms with Gasteiger partial charge in [-0.05, 0) is 50.6 Å². The van der Waals surface area contributed by atoms with Crippen molar-refractivity contribution in [3.05, 3.63) is 59.5 Å². The average molecular weight is 358 g/mol. The fourth-order valence-electron chi connectivity index (χ4n) is 2.79. The summed E-state index contributed by atoms with van der Waals surface area (Å²) in [4.78, 5) is 18.7. The van der Waals surface area contributed by atoms with E-state index in [4.69, 9.17) is 9.47 Å². The van der Waals surface area contributed by atoms with Crippen LogP contribution in [0, 0.1) is 5.82 Å². The number of nitrogens with zero attached hydrogens (tertiary/aromatic N) is 2. The molecule has 0 spiro atoms. The van der Waals surface area contributed by atoms with Crippen LogP contribution in [0.15, 0.2) is 42.6 Å². The third-order valence-corrected chi connectivity index (χ3v) is 4.01. The van der Waals surface area contributed by atoms with Crippen molar-refractivity contribution in [2.75, 3.05) is 24.6 Å². The quantitative estimate of drug-likeness (QED) is 0.782. The van der Waals surface area contributed by atoms with E-state index in [1.54, 1.807) is 30.5 Å². The molecule has 1 saturated heterocycles. The zero-order valence-electron chi connectivity index (χ0n) is 15.2. The minimum absolute atomic E-state index is 0.170. The van der Waals surface area contributed by atoms with Gasteiger partial charge in [0.1, 0.15) is 23.3 Å². The number of rotatable bonds is 3. The summed E-state index contributed by atoms with van der Waals surface area (Å²) >= 11 is 0. The second-order valence-corrected chi connectivity index (χ2v) is 7.26. The van der Waals surface area contributed by atoms with Gasteiger partial charge in [-0.25, -0.2) is 14.2 Å². The van der Waals surface area contributed by atoms with E-state index in [-0.39, 0.29) is 17.9 Å². The van der Waals surface area contributed by atoms with E-state index in [2.05, 4.69) is 9.88 Å². The molecule has 0 N–H and O–H groups in total. The number of pyridine rings is 1. The maximum atomic E-state index is 13.1. The molecule has 6 heteroatoms. The minimum Gasteiger partial charge on any atom is -0.456 e. The Bertz CT molecular complexity index is 771. The number of esters is 1. The lowest BCUT2D eigenvalue weighted by atomic mass is 10.1. The fraction of sp³-hybridized carbons (Fsp3) is 0.400. The molecule has 1 aliphatic heterocycles. The maximum absolute atomic E-state index is 13.1. The Morgan fingerprint density at radius 1 is 1.27 bits per heavy atom. The van der Waals surface area contributed by atoms with Crippen LogP contribution in [0.2, 0.25) is 0 Å². The van der Waals surface area contributed by atoms with Crippen LogP contribution in [0.3, 0.4) is 0 Å². The van der Waals surface area contributed by atoms with Crippen molar-refractivity contribution in [1.82, 2.24) is 4.98 Å². The number of morpholine rings is 1. The molecule has 0 aliphatic carbocycles. The molecule has 26 heavy (non-hydrogen) atoms. The number of carbonyl (C=O) groups excluding carboxylic acids is 1. The van der Waals surface area contributed by atoms with Crippen molar-refractivity contribution >= 4 is 11.8 Å². The molecule has 2 heterocycles. The Hall–Kier alpha value is -2.47. The predicted octanol–water partition coefficient (Wildman–Crippen LogP) is 3.75. The Labute approximate surface area is 152 Å². The monoisotopic (exact) mass is 358 g/mol. The molecular formula is C20H23FN2O3. The fourth-order valence-corrected chi connectivity index (χ4v) is 2.79. The maximum Gasteiger partial charge on any atom is 0.338 e. The second-order valence-electron chi connectivity index (χ2n) is 7.26. The first-order chi connectivity index (χ1) is 12.3. The first-order valence-corrected chi connectivity index (χ1v) is 8.63. The topological polar surface area (TPSA) is 51.7 Å². The molecule has 0 unspecified atom stereocenters. The highest BCUT2D eigenvalue weighted by Crippen LogP contribution is 2.26. The third-order valence-electron chi connectivity index (χ3n) is 4.01. The molecule has 1 aromatic carbocycles. The van der Waals surface area contributed by atoms with E-state index in [0.717, 1.165) is 5.56 Å². The zero-order chi connectivity index (χ0) is 18.7. The van der Waals surface area contributed by atoms with Crippen LogP contribution in [0.1, 0.15) is 42.8 Å². The number of hydrogen-bond donors (Lipinski definition) is 0. The summed E-state index contributed by atoms with van der Waals surface area (Å²) < 4.78 is 24.4. The van der Waals surface area contributed by atoms with Gasteiger partial charge < -0.3 is 14.4 Å². The summed E-state index contributed by atoms with van der Waals surface area (Å²) in [6, 6.07) is 9.71. The SMILES string of the molecule is CC(C)(C)OC(=O)c1ccnc(N2CCO[C@H](c3ccc(F)cc3)C2)c1. The Morgan fingerprint density at radius 3 is 2.69 bits per heavy atom. The smallest absolute Gasteiger partial charge is 0.338 e. The Kier molecular flexibility index (Phi) is 5.23. The lowest BCUT2D eigenvalue weighted by Gasteiger charge is -2.34. The number of anilines is 1. The second kappa shape index (κ2) is 7.41. The Balaban J connectivity index is 1.75. The normalized spacial score (nSPS) is 17.8. The lowest BCUT2D eigenvalue weighted by molar-refractivity contribution is 0.00694. The number of benzene rings is 1. The van der Waals surface area contributed by atoms with Gasteiger partial charge >= 0.3 is 5.97 Å². The highest BCUT2D eigenvalue weighted by molar-refractivity contribution is 5.90. The van der Waals surface area contributed by atoms with Crippen molar-refractivity contribution in [3.63, 3.8) is 0 Å². The van der Waals surface area contributed by atoms with Gasteiger partial charge in [0.15, 0.2) is 0 Å². The molecule has 2 aromatic rings. The van der Waals surface area contributed by atoms with E-state index >= 15 is 0 Å². The van der Waals surface area contributed by atoms with Gasteiger partial charge in [-0.3, -0.25) is 0 Å². The van der Waals surface area contributed by atoms with Crippen molar-refractivity contribution in [3.8, 4) is 0 Å². The highest BCUT2D eigenvalue weighted by atomic mass is 19.1. The summed E-state index contributed by atoms with van der Waals surface area (Å²) in [6.45, 7) is 7.28. The van der Waals surface area contributed by atoms with Gasteiger partial charge in [-0.2, -0.15) is 0 Å². The summed E-state index contributed by atoms with van der Waals surface area (Å²) in [5, 5.41) is 0.